The monoisotopic (exact) mass is 319 g/mol. The van der Waals surface area contributed by atoms with Crippen LogP contribution < -0.4 is 15.1 Å². The van der Waals surface area contributed by atoms with Crippen molar-refractivity contribution >= 4 is 11.6 Å². The molecule has 1 aromatic carbocycles. The first-order valence-corrected chi connectivity index (χ1v) is 8.88. The molecule has 126 valence electrons. The molecule has 23 heavy (non-hydrogen) atoms. The van der Waals surface area contributed by atoms with Gasteiger partial charge in [-0.15, -0.1) is 0 Å². The maximum absolute atomic E-state index is 12.4. The predicted octanol–water partition coefficient (Wildman–Crippen LogP) is -1.02. The lowest BCUT2D eigenvalue weighted by Gasteiger charge is -2.33. The topological polar surface area (TPSA) is 47.2 Å². The van der Waals surface area contributed by atoms with Crippen LogP contribution in [-0.2, 0) is 9.53 Å². The molecule has 2 fully saturated rings. The number of nitrogens with one attached hydrogen (secondary N) is 3. The van der Waals surface area contributed by atoms with Gasteiger partial charge in [-0.25, -0.2) is 0 Å². The zero-order valence-electron chi connectivity index (χ0n) is 14.0. The van der Waals surface area contributed by atoms with Crippen LogP contribution in [0.25, 0.3) is 0 Å². The summed E-state index contributed by atoms with van der Waals surface area (Å²) in [6, 6.07) is 9.72. The Balaban J connectivity index is 1.44. The summed E-state index contributed by atoms with van der Waals surface area (Å²) >= 11 is 0. The number of rotatable bonds is 5. The third-order valence-corrected chi connectivity index (χ3v) is 5.19. The summed E-state index contributed by atoms with van der Waals surface area (Å²) in [5, 5.41) is 3.02. The minimum atomic E-state index is -0.000475. The molecule has 0 saturated carbocycles. The van der Waals surface area contributed by atoms with Gasteiger partial charge in [-0.3, -0.25) is 4.79 Å². The van der Waals surface area contributed by atoms with Crippen molar-refractivity contribution in [1.29, 1.82) is 0 Å². The van der Waals surface area contributed by atoms with E-state index in [1.807, 2.05) is 37.3 Å². The Kier molecular flexibility index (Phi) is 5.65. The molecule has 2 heterocycles. The molecule has 0 bridgehead atoms. The third kappa shape index (κ3) is 4.53. The summed E-state index contributed by atoms with van der Waals surface area (Å²) in [4.78, 5) is 15.4. The van der Waals surface area contributed by atoms with Crippen LogP contribution in [0, 0.1) is 0 Å². The molecule has 2 aliphatic heterocycles. The number of piperazine rings is 1. The highest BCUT2D eigenvalue weighted by Crippen LogP contribution is 2.09. The standard InChI is InChI=1S/C18H27N3O2/c1-15(18(22)19-16-6-3-2-4-7-16)21-11-9-20(10-12-21)14-17-8-5-13-23-17/h2-4,6-7,15,17H,5,8-14H2,1H3,(H,19,22)/p+2/t15-,17-/m0/s1. The molecule has 3 rings (SSSR count). The predicted molar refractivity (Wildman–Crippen MR) is 89.8 cm³/mol. The lowest BCUT2D eigenvalue weighted by molar-refractivity contribution is -1.02. The average Bonchev–Trinajstić information content (AvgIpc) is 3.09. The van der Waals surface area contributed by atoms with Crippen LogP contribution in [0.2, 0.25) is 0 Å². The largest absolute Gasteiger partial charge is 0.372 e. The van der Waals surface area contributed by atoms with Crippen molar-refractivity contribution in [3.63, 3.8) is 0 Å². The van der Waals surface area contributed by atoms with Gasteiger partial charge in [0.1, 0.15) is 38.8 Å². The highest BCUT2D eigenvalue weighted by molar-refractivity contribution is 5.93. The van der Waals surface area contributed by atoms with Gasteiger partial charge in [0.25, 0.3) is 5.91 Å². The van der Waals surface area contributed by atoms with Gasteiger partial charge >= 0.3 is 0 Å². The Morgan fingerprint density at radius 3 is 2.65 bits per heavy atom. The van der Waals surface area contributed by atoms with Crippen LogP contribution in [0.3, 0.4) is 0 Å². The number of amides is 1. The zero-order chi connectivity index (χ0) is 16.1. The molecule has 3 N–H and O–H groups in total. The number of benzene rings is 1. The van der Waals surface area contributed by atoms with E-state index in [0.717, 1.165) is 45.0 Å². The van der Waals surface area contributed by atoms with Crippen molar-refractivity contribution in [3.8, 4) is 0 Å². The van der Waals surface area contributed by atoms with Gasteiger partial charge in [0.05, 0.1) is 0 Å². The summed E-state index contributed by atoms with van der Waals surface area (Å²) in [6.45, 7) is 8.51. The number of quaternary nitrogens is 2. The number of carbonyl (C=O) groups is 1. The van der Waals surface area contributed by atoms with Crippen molar-refractivity contribution < 1.29 is 19.3 Å². The first-order chi connectivity index (χ1) is 11.2. The maximum atomic E-state index is 12.4. The fourth-order valence-corrected chi connectivity index (χ4v) is 3.65. The van der Waals surface area contributed by atoms with Crippen LogP contribution in [0.5, 0.6) is 0 Å². The number of para-hydroxylation sites is 1. The smallest absolute Gasteiger partial charge is 0.282 e. The lowest BCUT2D eigenvalue weighted by Crippen LogP contribution is -3.30. The summed E-state index contributed by atoms with van der Waals surface area (Å²) in [5.74, 6) is 0.119. The van der Waals surface area contributed by atoms with E-state index in [-0.39, 0.29) is 11.9 Å². The first kappa shape index (κ1) is 16.4. The van der Waals surface area contributed by atoms with Gasteiger partial charge in [-0.05, 0) is 31.9 Å². The van der Waals surface area contributed by atoms with Crippen LogP contribution >= 0.6 is 0 Å². The Labute approximate surface area is 138 Å². The van der Waals surface area contributed by atoms with Gasteiger partial charge in [-0.2, -0.15) is 0 Å². The second-order valence-electron chi connectivity index (χ2n) is 6.82. The Morgan fingerprint density at radius 2 is 2.00 bits per heavy atom. The summed E-state index contributed by atoms with van der Waals surface area (Å²) in [6.07, 6.45) is 2.90. The molecule has 1 amide bonds. The molecule has 0 aromatic heterocycles. The quantitative estimate of drug-likeness (QED) is 0.650. The number of anilines is 1. The highest BCUT2D eigenvalue weighted by atomic mass is 16.5. The zero-order valence-corrected chi connectivity index (χ0v) is 14.0. The number of ether oxygens (including phenoxy) is 1. The summed E-state index contributed by atoms with van der Waals surface area (Å²) < 4.78 is 5.74. The second-order valence-corrected chi connectivity index (χ2v) is 6.82. The average molecular weight is 319 g/mol. The van der Waals surface area contributed by atoms with Gasteiger partial charge < -0.3 is 19.9 Å². The van der Waals surface area contributed by atoms with E-state index in [2.05, 4.69) is 5.32 Å². The Bertz CT molecular complexity index is 494. The second kappa shape index (κ2) is 7.90. The molecule has 5 nitrogen and oxygen atoms in total. The van der Waals surface area contributed by atoms with Crippen molar-refractivity contribution in [2.24, 2.45) is 0 Å². The molecular weight excluding hydrogens is 290 g/mol. The van der Waals surface area contributed by atoms with E-state index >= 15 is 0 Å². The van der Waals surface area contributed by atoms with E-state index in [0.29, 0.717) is 6.10 Å². The van der Waals surface area contributed by atoms with E-state index in [9.17, 15) is 4.79 Å². The Hall–Kier alpha value is -1.43. The van der Waals surface area contributed by atoms with Gasteiger partial charge in [0.2, 0.25) is 0 Å². The summed E-state index contributed by atoms with van der Waals surface area (Å²) in [5.41, 5.74) is 0.881. The minimum Gasteiger partial charge on any atom is -0.372 e. The van der Waals surface area contributed by atoms with Crippen molar-refractivity contribution in [1.82, 2.24) is 0 Å². The SMILES string of the molecule is C[C@@H](C(=O)Nc1ccccc1)[NH+]1CC[NH+](C[C@@H]2CCCO2)CC1. The minimum absolute atomic E-state index is 0.000475. The normalized spacial score (nSPS) is 29.2. The molecule has 2 saturated heterocycles. The molecular formula is C18H29N3O2+2. The van der Waals surface area contributed by atoms with Gasteiger partial charge in [0.15, 0.2) is 6.04 Å². The highest BCUT2D eigenvalue weighted by Gasteiger charge is 2.32. The first-order valence-electron chi connectivity index (χ1n) is 8.88. The molecule has 1 aromatic rings. The number of hydrogen-bond acceptors (Lipinski definition) is 2. The Morgan fingerprint density at radius 1 is 1.26 bits per heavy atom. The molecule has 2 atom stereocenters. The van der Waals surface area contributed by atoms with E-state index in [1.165, 1.54) is 17.7 Å². The van der Waals surface area contributed by atoms with E-state index < -0.39 is 0 Å². The fourth-order valence-electron chi connectivity index (χ4n) is 3.65. The van der Waals surface area contributed by atoms with Crippen molar-refractivity contribution in [3.05, 3.63) is 30.3 Å². The maximum Gasteiger partial charge on any atom is 0.282 e. The molecule has 0 spiro atoms. The third-order valence-electron chi connectivity index (χ3n) is 5.19. The summed E-state index contributed by atoms with van der Waals surface area (Å²) in [7, 11) is 0. The van der Waals surface area contributed by atoms with Gasteiger partial charge in [0, 0.05) is 12.3 Å². The van der Waals surface area contributed by atoms with E-state index in [4.69, 9.17) is 4.74 Å². The molecule has 2 aliphatic rings. The fraction of sp³-hybridized carbons (Fsp3) is 0.611. The van der Waals surface area contributed by atoms with Crippen LogP contribution in [-0.4, -0.2) is 57.4 Å². The number of hydrogen-bond donors (Lipinski definition) is 3. The van der Waals surface area contributed by atoms with Crippen LogP contribution in [0.1, 0.15) is 19.8 Å². The van der Waals surface area contributed by atoms with Crippen molar-refractivity contribution in [2.45, 2.75) is 31.9 Å². The van der Waals surface area contributed by atoms with Gasteiger partial charge in [-0.1, -0.05) is 18.2 Å². The molecule has 5 heteroatoms. The van der Waals surface area contributed by atoms with Crippen LogP contribution in [0.15, 0.2) is 30.3 Å². The lowest BCUT2D eigenvalue weighted by atomic mass is 10.2. The number of carbonyl (C=O) groups excluding carboxylic acids is 1. The molecule has 0 radical (unpaired) electrons. The van der Waals surface area contributed by atoms with E-state index in [1.54, 1.807) is 4.90 Å². The molecule has 0 unspecified atom stereocenters. The van der Waals surface area contributed by atoms with Crippen molar-refractivity contribution in [2.75, 3.05) is 44.6 Å². The molecule has 0 aliphatic carbocycles. The van der Waals surface area contributed by atoms with Crippen LogP contribution in [0.4, 0.5) is 5.69 Å².